The lowest BCUT2D eigenvalue weighted by atomic mass is 9.88. The smallest absolute Gasteiger partial charge is 0.409 e. The fraction of sp³-hybridized carbons (Fsp3) is 0.364. The molecule has 0 atom stereocenters. The van der Waals surface area contributed by atoms with Crippen LogP contribution in [0, 0.1) is 0 Å². The van der Waals surface area contributed by atoms with Gasteiger partial charge in [-0.15, -0.1) is 0 Å². The Balaban J connectivity index is 1.76. The number of halogens is 1. The van der Waals surface area contributed by atoms with Crippen molar-refractivity contribution in [2.45, 2.75) is 32.6 Å². The summed E-state index contributed by atoms with van der Waals surface area (Å²) in [4.78, 5) is 18.6. The van der Waals surface area contributed by atoms with Gasteiger partial charge in [0.05, 0.1) is 12.3 Å². The van der Waals surface area contributed by atoms with E-state index in [0.717, 1.165) is 35.8 Å². The molecule has 0 spiro atoms. The summed E-state index contributed by atoms with van der Waals surface area (Å²) < 4.78 is 6.27. The van der Waals surface area contributed by atoms with Crippen molar-refractivity contribution >= 4 is 27.6 Å². The van der Waals surface area contributed by atoms with Crippen molar-refractivity contribution in [1.82, 2.24) is 9.88 Å². The van der Waals surface area contributed by atoms with E-state index in [1.54, 1.807) is 0 Å². The van der Waals surface area contributed by atoms with Crippen LogP contribution >= 0.6 is 15.9 Å². The second-order valence-corrected chi connectivity index (χ2v) is 7.89. The van der Waals surface area contributed by atoms with E-state index in [4.69, 9.17) is 9.72 Å². The molecule has 2 aliphatic rings. The number of amides is 1. The molecule has 140 valence electrons. The van der Waals surface area contributed by atoms with E-state index < -0.39 is 0 Å². The Kier molecular flexibility index (Phi) is 5.30. The molecule has 0 N–H and O–H groups in total. The molecule has 0 saturated carbocycles. The van der Waals surface area contributed by atoms with Gasteiger partial charge in [0.15, 0.2) is 0 Å². The number of aromatic nitrogens is 1. The van der Waals surface area contributed by atoms with Gasteiger partial charge < -0.3 is 9.64 Å². The molecular weight excluding hydrogens is 404 g/mol. The highest BCUT2D eigenvalue weighted by atomic mass is 79.9. The van der Waals surface area contributed by atoms with Crippen molar-refractivity contribution in [3.8, 4) is 0 Å². The number of likely N-dealkylation sites (tertiary alicyclic amines) is 1. The molecule has 4 nitrogen and oxygen atoms in total. The average Bonchev–Trinajstić information content (AvgIpc) is 2.85. The summed E-state index contributed by atoms with van der Waals surface area (Å²) in [5.41, 5.74) is 7.72. The van der Waals surface area contributed by atoms with Crippen molar-refractivity contribution in [1.29, 1.82) is 0 Å². The van der Waals surface area contributed by atoms with Crippen LogP contribution in [0.1, 0.15) is 42.1 Å². The number of carbonyl (C=O) groups is 1. The minimum Gasteiger partial charge on any atom is -0.450 e. The quantitative estimate of drug-likeness (QED) is 0.644. The summed E-state index contributed by atoms with van der Waals surface area (Å²) in [6.07, 6.45) is 5.42. The highest BCUT2D eigenvalue weighted by Gasteiger charge is 2.26. The molecule has 1 aliphatic heterocycles. The van der Waals surface area contributed by atoms with Crippen LogP contribution in [0.3, 0.4) is 0 Å². The Morgan fingerprint density at radius 2 is 1.93 bits per heavy atom. The van der Waals surface area contributed by atoms with Crippen LogP contribution in [0.15, 0.2) is 46.6 Å². The number of hydrogen-bond donors (Lipinski definition) is 0. The van der Waals surface area contributed by atoms with E-state index in [1.165, 1.54) is 27.8 Å². The highest BCUT2D eigenvalue weighted by Crippen LogP contribution is 2.38. The number of carbonyl (C=O) groups excluding carboxylic acids is 1. The Labute approximate surface area is 168 Å². The van der Waals surface area contributed by atoms with Crippen LogP contribution in [-0.2, 0) is 17.6 Å². The number of nitrogens with zero attached hydrogens (tertiary/aromatic N) is 2. The number of ether oxygens (including phenoxy) is 1. The van der Waals surface area contributed by atoms with E-state index in [1.807, 2.05) is 24.1 Å². The van der Waals surface area contributed by atoms with E-state index in [9.17, 15) is 4.79 Å². The minimum atomic E-state index is -0.203. The number of rotatable bonds is 1. The fourth-order valence-corrected chi connectivity index (χ4v) is 4.47. The molecule has 0 bridgehead atoms. The molecule has 1 fully saturated rings. The second-order valence-electron chi connectivity index (χ2n) is 6.98. The Morgan fingerprint density at radius 1 is 1.15 bits per heavy atom. The summed E-state index contributed by atoms with van der Waals surface area (Å²) in [5, 5.41) is 0. The van der Waals surface area contributed by atoms with Crippen molar-refractivity contribution in [3.63, 3.8) is 0 Å². The van der Waals surface area contributed by atoms with Crippen LogP contribution in [0.5, 0.6) is 0 Å². The lowest BCUT2D eigenvalue weighted by Gasteiger charge is -2.29. The molecule has 1 aromatic heterocycles. The van der Waals surface area contributed by atoms with Crippen LogP contribution in [-0.4, -0.2) is 35.7 Å². The first kappa shape index (κ1) is 18.2. The lowest BCUT2D eigenvalue weighted by Crippen LogP contribution is -2.37. The number of aryl methyl sites for hydroxylation is 2. The Bertz CT molecular complexity index is 897. The largest absolute Gasteiger partial charge is 0.450 e. The first-order valence-corrected chi connectivity index (χ1v) is 10.3. The molecule has 2 aromatic rings. The third-order valence-corrected chi connectivity index (χ3v) is 5.87. The van der Waals surface area contributed by atoms with Gasteiger partial charge in [0.1, 0.15) is 0 Å². The van der Waals surface area contributed by atoms with Gasteiger partial charge in [-0.3, -0.25) is 4.98 Å². The van der Waals surface area contributed by atoms with Crippen LogP contribution in [0.25, 0.3) is 5.57 Å². The minimum absolute atomic E-state index is 0.203. The predicted octanol–water partition coefficient (Wildman–Crippen LogP) is 5.00. The summed E-state index contributed by atoms with van der Waals surface area (Å²) in [5.74, 6) is 0. The maximum atomic E-state index is 12.0. The Morgan fingerprint density at radius 3 is 2.70 bits per heavy atom. The van der Waals surface area contributed by atoms with Crippen LogP contribution in [0.4, 0.5) is 4.79 Å². The molecule has 27 heavy (non-hydrogen) atoms. The number of pyridine rings is 1. The predicted molar refractivity (Wildman–Crippen MR) is 110 cm³/mol. The molecule has 1 saturated heterocycles. The average molecular weight is 427 g/mol. The zero-order chi connectivity index (χ0) is 18.8. The van der Waals surface area contributed by atoms with E-state index in [-0.39, 0.29) is 6.09 Å². The number of fused-ring (bicyclic) bond motifs is 2. The van der Waals surface area contributed by atoms with Gasteiger partial charge in [0.25, 0.3) is 0 Å². The topological polar surface area (TPSA) is 42.4 Å². The monoisotopic (exact) mass is 426 g/mol. The van der Waals surface area contributed by atoms with Gasteiger partial charge in [-0.1, -0.05) is 33.6 Å². The van der Waals surface area contributed by atoms with E-state index >= 15 is 0 Å². The van der Waals surface area contributed by atoms with Crippen LogP contribution in [0.2, 0.25) is 0 Å². The molecule has 1 aromatic carbocycles. The van der Waals surface area contributed by atoms with Gasteiger partial charge >= 0.3 is 6.09 Å². The summed E-state index contributed by atoms with van der Waals surface area (Å²) in [6.45, 7) is 3.67. The summed E-state index contributed by atoms with van der Waals surface area (Å²) in [7, 11) is 0. The van der Waals surface area contributed by atoms with Crippen molar-refractivity contribution in [2.75, 3.05) is 19.7 Å². The SMILES string of the molecule is CCOC(=O)N1CCC(=C2c3ccc(Br)cc3CCc3cccnc32)CC1. The van der Waals surface area contributed by atoms with Crippen LogP contribution < -0.4 is 0 Å². The van der Waals surface area contributed by atoms with Crippen molar-refractivity contribution < 1.29 is 9.53 Å². The molecule has 0 unspecified atom stereocenters. The van der Waals surface area contributed by atoms with Crippen molar-refractivity contribution in [3.05, 3.63) is 69.0 Å². The van der Waals surface area contributed by atoms with Crippen molar-refractivity contribution in [2.24, 2.45) is 0 Å². The molecule has 5 heteroatoms. The van der Waals surface area contributed by atoms with Gasteiger partial charge in [0, 0.05) is 29.3 Å². The van der Waals surface area contributed by atoms with E-state index in [2.05, 4.69) is 40.2 Å². The number of hydrogen-bond acceptors (Lipinski definition) is 3. The molecule has 1 amide bonds. The zero-order valence-corrected chi connectivity index (χ0v) is 17.1. The van der Waals surface area contributed by atoms with Gasteiger partial charge in [-0.05, 0) is 67.5 Å². The summed E-state index contributed by atoms with van der Waals surface area (Å²) >= 11 is 3.62. The van der Waals surface area contributed by atoms with Gasteiger partial charge in [-0.2, -0.15) is 0 Å². The molecule has 1 aliphatic carbocycles. The Hall–Kier alpha value is -2.14. The lowest BCUT2D eigenvalue weighted by molar-refractivity contribution is 0.104. The zero-order valence-electron chi connectivity index (χ0n) is 15.5. The number of piperidine rings is 1. The first-order chi connectivity index (χ1) is 13.2. The third kappa shape index (κ3) is 3.65. The van der Waals surface area contributed by atoms with Gasteiger partial charge in [-0.25, -0.2) is 4.79 Å². The summed E-state index contributed by atoms with van der Waals surface area (Å²) in [6, 6.07) is 10.8. The highest BCUT2D eigenvalue weighted by molar-refractivity contribution is 9.10. The first-order valence-electron chi connectivity index (χ1n) is 9.54. The molecular formula is C22H23BrN2O2. The normalized spacial score (nSPS) is 16.4. The fourth-order valence-electron chi connectivity index (χ4n) is 4.06. The number of benzene rings is 1. The van der Waals surface area contributed by atoms with Gasteiger partial charge in [0.2, 0.25) is 0 Å². The molecule has 4 rings (SSSR count). The standard InChI is InChI=1S/C22H23BrN2O2/c1-2-27-22(26)25-12-9-15(10-13-25)20-19-8-7-18(23)14-17(19)6-5-16-4-3-11-24-21(16)20/h3-4,7-8,11,14H,2,5-6,9-10,12-13H2,1H3. The molecule has 0 radical (unpaired) electrons. The third-order valence-electron chi connectivity index (χ3n) is 5.37. The second kappa shape index (κ2) is 7.85. The van der Waals surface area contributed by atoms with E-state index in [0.29, 0.717) is 19.7 Å². The molecule has 2 heterocycles. The maximum absolute atomic E-state index is 12.0. The maximum Gasteiger partial charge on any atom is 0.409 e.